The molecule has 470 valence electrons. The number of unbranched alkanes of at least 4 members (excludes halogenated alkanes) is 2. The molecule has 2 aliphatic rings. The molecule has 0 radical (unpaired) electrons. The normalized spacial score (nSPS) is 16.2. The molecule has 0 bridgehead atoms. The Bertz CT molecular complexity index is 2860. The molecule has 3 heterocycles. The lowest BCUT2D eigenvalue weighted by Gasteiger charge is -2.35. The van der Waals surface area contributed by atoms with Crippen LogP contribution < -0.4 is 29.6 Å². The van der Waals surface area contributed by atoms with Crippen molar-refractivity contribution in [3.05, 3.63) is 88.1 Å². The van der Waals surface area contributed by atoms with Gasteiger partial charge in [-0.25, -0.2) is 24.3 Å². The van der Waals surface area contributed by atoms with Crippen molar-refractivity contribution in [1.29, 1.82) is 0 Å². The number of carbonyl (C=O) groups is 4. The fraction of sp³-hybridized carbons (Fsp3) is 0.576. The van der Waals surface area contributed by atoms with Crippen LogP contribution in [0.25, 0.3) is 0 Å². The average molecular weight is 1260 g/mol. The van der Waals surface area contributed by atoms with E-state index in [0.29, 0.717) is 37.1 Å². The summed E-state index contributed by atoms with van der Waals surface area (Å²) in [4.78, 5) is 85.7. The summed E-state index contributed by atoms with van der Waals surface area (Å²) in [5.41, 5.74) is 1.28. The van der Waals surface area contributed by atoms with Crippen molar-refractivity contribution in [2.45, 2.75) is 166 Å². The van der Waals surface area contributed by atoms with Crippen molar-refractivity contribution in [3.63, 3.8) is 0 Å². The highest BCUT2D eigenvalue weighted by Crippen LogP contribution is 2.41. The minimum atomic E-state index is -2.28. The number of aromatic nitrogens is 1. The lowest BCUT2D eigenvalue weighted by molar-refractivity contribution is -0.385. The molecule has 1 aromatic heterocycles. The molecule has 3 atom stereocenters. The van der Waals surface area contributed by atoms with Crippen LogP contribution in [-0.2, 0) is 28.4 Å². The number of methoxy groups -OCH3 is 2. The number of ether oxygens (including phenoxy) is 6. The molecular formula is C59H88N6O16S2Si2. The van der Waals surface area contributed by atoms with Crippen LogP contribution in [0.4, 0.5) is 26.7 Å². The molecule has 0 aliphatic carbocycles. The average Bonchev–Trinajstić information content (AvgIpc) is 3.14. The molecule has 2 saturated heterocycles. The Morgan fingerprint density at radius 1 is 0.718 bits per heavy atom. The third-order valence-electron chi connectivity index (χ3n) is 14.8. The zero-order chi connectivity index (χ0) is 63.2. The summed E-state index contributed by atoms with van der Waals surface area (Å²) in [6.07, 6.45) is 2.34. The number of amides is 4. The maximum Gasteiger partial charge on any atom is 0.412 e. The fourth-order valence-electron chi connectivity index (χ4n) is 8.02. The lowest BCUT2D eigenvalue weighted by atomic mass is 10.1. The van der Waals surface area contributed by atoms with Crippen LogP contribution in [0.15, 0.2) is 71.9 Å². The molecule has 0 spiro atoms. The van der Waals surface area contributed by atoms with Crippen molar-refractivity contribution in [2.24, 2.45) is 0 Å². The third kappa shape index (κ3) is 20.4. The summed E-state index contributed by atoms with van der Waals surface area (Å²) in [7, 11) is 1.04. The van der Waals surface area contributed by atoms with E-state index in [4.69, 9.17) is 47.3 Å². The first-order valence-corrected chi connectivity index (χ1v) is 36.3. The molecule has 0 saturated carbocycles. The summed E-state index contributed by atoms with van der Waals surface area (Å²) in [6, 6.07) is 8.28. The summed E-state index contributed by atoms with van der Waals surface area (Å²) in [6.45, 7) is 37.6. The standard InChI is InChI=1S/C59H88N6O16S2Si2/c1-38-26-42(36-77-80-84(15,16)58(7,8)9)63(33-38)53(66)44-28-48(72-13)50(30-46(44)61-55(68)76-35-40(3)82-83-52-23-22-41(32-60-52)65(70)71)74-24-20-19-21-25-75-51-31-47(62-56(69)79-57(4,5)6)45(29-49(51)73-14)54(67)64-34-39(2)27-43(64)37-78-81-85(17,18)59(10,11)12/h22-23,28-32,40,42-43H,1-2,19-21,24-27,33-37H2,3-18H3,(H,61,68)(H,62,69)/t40-,42+,43+/m1/s1. The van der Waals surface area contributed by atoms with Gasteiger partial charge in [-0.05, 0) is 125 Å². The van der Waals surface area contributed by atoms with Crippen LogP contribution in [0, 0.1) is 10.1 Å². The Morgan fingerprint density at radius 2 is 1.18 bits per heavy atom. The monoisotopic (exact) mass is 1260 g/mol. The van der Waals surface area contributed by atoms with E-state index >= 15 is 0 Å². The molecule has 0 unspecified atom stereocenters. The van der Waals surface area contributed by atoms with Gasteiger partial charge in [-0.3, -0.25) is 39.5 Å². The van der Waals surface area contributed by atoms with Crippen LogP contribution in [0.2, 0.25) is 36.3 Å². The second-order valence-electron chi connectivity index (χ2n) is 25.1. The van der Waals surface area contributed by atoms with Gasteiger partial charge in [0, 0.05) is 36.5 Å². The van der Waals surface area contributed by atoms with E-state index in [9.17, 15) is 29.3 Å². The molecule has 2 aromatic carbocycles. The number of anilines is 2. The van der Waals surface area contributed by atoms with Crippen LogP contribution in [-0.4, -0.2) is 144 Å². The Labute approximate surface area is 510 Å². The van der Waals surface area contributed by atoms with Gasteiger partial charge in [0.1, 0.15) is 36.6 Å². The summed E-state index contributed by atoms with van der Waals surface area (Å²) in [5.74, 6) is 0.273. The first kappa shape index (κ1) is 69.9. The third-order valence-corrected chi connectivity index (χ3v) is 25.9. The number of hydrogen-bond donors (Lipinski definition) is 2. The van der Waals surface area contributed by atoms with Crippen molar-refractivity contribution >= 4 is 79.3 Å². The molecule has 85 heavy (non-hydrogen) atoms. The topological polar surface area (TPSA) is 247 Å². The smallest absolute Gasteiger partial charge is 0.412 e. The molecular weight excluding hydrogens is 1170 g/mol. The number of nitrogens with one attached hydrogen (secondary N) is 2. The summed E-state index contributed by atoms with van der Waals surface area (Å²) < 4.78 is 47.3. The van der Waals surface area contributed by atoms with Gasteiger partial charge in [0.15, 0.2) is 23.0 Å². The molecule has 22 nitrogen and oxygen atoms in total. The van der Waals surface area contributed by atoms with Gasteiger partial charge in [-0.1, -0.05) is 76.6 Å². The Kier molecular flexibility index (Phi) is 24.8. The van der Waals surface area contributed by atoms with Crippen molar-refractivity contribution < 1.29 is 71.5 Å². The quantitative estimate of drug-likeness (QED) is 0.0130. The van der Waals surface area contributed by atoms with E-state index in [1.807, 2.05) is 6.92 Å². The Morgan fingerprint density at radius 3 is 1.58 bits per heavy atom. The molecule has 3 aromatic rings. The SMILES string of the molecule is C=C1C[C@@H](COO[Si](C)(C)C(C)(C)C)N(C(=O)c2cc(OC)c(OCCCCCOc3cc(NC(=O)OC(C)(C)C)c(C(=O)N4CC(=C)C[C@H]4COO[Si](C)(C)C(C)(C)C)cc3OC)cc2NC(=O)OC[C@@H](C)SSc2ccc([N+](=O)[O-])cn2)C1. The minimum absolute atomic E-state index is 0.0226. The Balaban J connectivity index is 1.28. The van der Waals surface area contributed by atoms with Gasteiger partial charge >= 0.3 is 12.2 Å². The van der Waals surface area contributed by atoms with Gasteiger partial charge in [0.25, 0.3) is 17.5 Å². The first-order chi connectivity index (χ1) is 39.6. The van der Waals surface area contributed by atoms with E-state index in [2.05, 4.69) is 96.5 Å². The van der Waals surface area contributed by atoms with E-state index in [1.54, 1.807) is 48.8 Å². The molecule has 2 N–H and O–H groups in total. The number of hydrogen-bond acceptors (Lipinski definition) is 19. The van der Waals surface area contributed by atoms with Crippen LogP contribution in [0.3, 0.4) is 0 Å². The van der Waals surface area contributed by atoms with E-state index in [-0.39, 0.29) is 125 Å². The van der Waals surface area contributed by atoms with Gasteiger partial charge < -0.3 is 38.2 Å². The first-order valence-electron chi connectivity index (χ1n) is 28.3. The molecule has 2 aliphatic heterocycles. The predicted molar refractivity (Wildman–Crippen MR) is 335 cm³/mol. The number of rotatable bonds is 28. The minimum Gasteiger partial charge on any atom is -0.493 e. The number of nitro groups is 1. The number of nitrogens with zero attached hydrogens (tertiary/aromatic N) is 4. The van der Waals surface area contributed by atoms with Crippen molar-refractivity contribution in [3.8, 4) is 23.0 Å². The molecule has 2 fully saturated rings. The number of benzene rings is 2. The summed E-state index contributed by atoms with van der Waals surface area (Å²) >= 11 is 0. The Hall–Kier alpha value is -5.88. The van der Waals surface area contributed by atoms with E-state index in [1.165, 1.54) is 60.2 Å². The lowest BCUT2D eigenvalue weighted by Crippen LogP contribution is -2.43. The van der Waals surface area contributed by atoms with E-state index < -0.39 is 51.3 Å². The van der Waals surface area contributed by atoms with Gasteiger partial charge in [0.05, 0.1) is 66.9 Å². The highest BCUT2D eigenvalue weighted by Gasteiger charge is 2.42. The molecule has 5 rings (SSSR count). The number of carbonyl (C=O) groups excluding carboxylic acids is 4. The molecule has 4 amide bonds. The number of likely N-dealkylation sites (tertiary alicyclic amines) is 2. The molecule has 26 heteroatoms. The van der Waals surface area contributed by atoms with E-state index in [0.717, 1.165) is 11.1 Å². The maximum absolute atomic E-state index is 14.7. The van der Waals surface area contributed by atoms with Crippen LogP contribution in [0.5, 0.6) is 23.0 Å². The largest absolute Gasteiger partial charge is 0.493 e. The highest BCUT2D eigenvalue weighted by molar-refractivity contribution is 8.76. The zero-order valence-electron chi connectivity index (χ0n) is 52.3. The maximum atomic E-state index is 14.7. The van der Waals surface area contributed by atoms with Crippen LogP contribution in [0.1, 0.15) is 122 Å². The second-order valence-corrected chi connectivity index (χ2v) is 37.2. The highest BCUT2D eigenvalue weighted by atomic mass is 33.1. The number of pyridine rings is 1. The van der Waals surface area contributed by atoms with Gasteiger partial charge in [-0.2, -0.15) is 0 Å². The van der Waals surface area contributed by atoms with Crippen LogP contribution >= 0.6 is 21.6 Å². The second kappa shape index (κ2) is 30.2. The van der Waals surface area contributed by atoms with Gasteiger partial charge in [0.2, 0.25) is 16.6 Å². The van der Waals surface area contributed by atoms with Crippen molar-refractivity contribution in [2.75, 3.05) is 71.0 Å². The van der Waals surface area contributed by atoms with Crippen molar-refractivity contribution in [1.82, 2.24) is 14.8 Å². The zero-order valence-corrected chi connectivity index (χ0v) is 55.9. The predicted octanol–water partition coefficient (Wildman–Crippen LogP) is 13.8. The summed E-state index contributed by atoms with van der Waals surface area (Å²) in [5, 5.41) is 16.7. The van der Waals surface area contributed by atoms with Gasteiger partial charge in [-0.15, -0.1) is 0 Å². The fourth-order valence-corrected chi connectivity index (χ4v) is 11.1.